The maximum atomic E-state index is 13.4. The molecule has 0 amide bonds. The van der Waals surface area contributed by atoms with Crippen molar-refractivity contribution in [3.8, 4) is 17.0 Å². The molecule has 3 aromatic heterocycles. The van der Waals surface area contributed by atoms with Gasteiger partial charge < -0.3 is 20.1 Å². The zero-order valence-electron chi connectivity index (χ0n) is 21.3. The van der Waals surface area contributed by atoms with E-state index in [-0.39, 0.29) is 5.56 Å². The van der Waals surface area contributed by atoms with E-state index in [1.807, 2.05) is 18.3 Å². The van der Waals surface area contributed by atoms with Crippen LogP contribution in [-0.2, 0) is 11.3 Å². The summed E-state index contributed by atoms with van der Waals surface area (Å²) < 4.78 is 12.5. The Morgan fingerprint density at radius 1 is 1.11 bits per heavy atom. The summed E-state index contributed by atoms with van der Waals surface area (Å²) >= 11 is 0. The second-order valence-electron chi connectivity index (χ2n) is 9.25. The third-order valence-corrected chi connectivity index (χ3v) is 6.58. The van der Waals surface area contributed by atoms with Crippen LogP contribution in [0.3, 0.4) is 0 Å². The number of hydrogen-bond acceptors (Lipinski definition) is 9. The maximum absolute atomic E-state index is 13.4. The lowest BCUT2D eigenvalue weighted by Gasteiger charge is -2.14. The molecule has 0 spiro atoms. The molecule has 2 N–H and O–H groups in total. The Morgan fingerprint density at radius 2 is 1.97 bits per heavy atom. The molecule has 0 saturated heterocycles. The highest BCUT2D eigenvalue weighted by atomic mass is 16.5. The van der Waals surface area contributed by atoms with Gasteiger partial charge in [-0.25, -0.2) is 19.9 Å². The second-order valence-corrected chi connectivity index (χ2v) is 9.25. The number of rotatable bonds is 12. The van der Waals surface area contributed by atoms with Crippen molar-refractivity contribution in [2.24, 2.45) is 16.8 Å². The lowest BCUT2D eigenvalue weighted by atomic mass is 10.1. The first kappa shape index (κ1) is 24.9. The van der Waals surface area contributed by atoms with E-state index in [0.717, 1.165) is 36.3 Å². The minimum absolute atomic E-state index is 0.185. The molecular formula is C27H33N7O3. The number of ether oxygens (including phenoxy) is 2. The Hall–Kier alpha value is -3.79. The van der Waals surface area contributed by atoms with E-state index in [1.54, 1.807) is 30.1 Å². The van der Waals surface area contributed by atoms with E-state index in [2.05, 4.69) is 43.6 Å². The van der Waals surface area contributed by atoms with Crippen LogP contribution in [0.15, 0.2) is 52.7 Å². The van der Waals surface area contributed by atoms with Crippen LogP contribution >= 0.6 is 0 Å². The van der Waals surface area contributed by atoms with Crippen LogP contribution in [0.1, 0.15) is 26.2 Å². The lowest BCUT2D eigenvalue weighted by molar-refractivity contribution is 0.127. The van der Waals surface area contributed by atoms with Crippen LogP contribution in [-0.4, -0.2) is 58.8 Å². The maximum Gasteiger partial charge on any atom is 0.293 e. The zero-order valence-corrected chi connectivity index (χ0v) is 21.3. The van der Waals surface area contributed by atoms with Crippen molar-refractivity contribution in [2.75, 3.05) is 38.7 Å². The van der Waals surface area contributed by atoms with Crippen molar-refractivity contribution in [3.05, 3.63) is 53.2 Å². The van der Waals surface area contributed by atoms with E-state index < -0.39 is 0 Å². The third-order valence-electron chi connectivity index (χ3n) is 6.58. The van der Waals surface area contributed by atoms with Crippen LogP contribution in [0.2, 0.25) is 0 Å². The normalized spacial score (nSPS) is 17.8. The average molecular weight is 504 g/mol. The lowest BCUT2D eigenvalue weighted by Crippen LogP contribution is -2.30. The van der Waals surface area contributed by atoms with Gasteiger partial charge in [0, 0.05) is 67.9 Å². The molecular weight excluding hydrogens is 470 g/mol. The minimum Gasteiger partial charge on any atom is -0.481 e. The molecule has 2 unspecified atom stereocenters. The summed E-state index contributed by atoms with van der Waals surface area (Å²) in [5, 5.41) is 6.66. The first-order chi connectivity index (χ1) is 18.2. The number of nitrogens with one attached hydrogen (secondary N) is 2. The molecule has 1 fully saturated rings. The van der Waals surface area contributed by atoms with Crippen LogP contribution in [0, 0.1) is 11.8 Å². The van der Waals surface area contributed by atoms with Gasteiger partial charge in [0.25, 0.3) is 5.56 Å². The van der Waals surface area contributed by atoms with Crippen LogP contribution < -0.4 is 20.9 Å². The third kappa shape index (κ3) is 5.80. The highest BCUT2D eigenvalue weighted by Crippen LogP contribution is 2.42. The molecule has 10 heteroatoms. The van der Waals surface area contributed by atoms with Gasteiger partial charge >= 0.3 is 0 Å². The highest BCUT2D eigenvalue weighted by Gasteiger charge is 2.40. The monoisotopic (exact) mass is 503 g/mol. The van der Waals surface area contributed by atoms with Gasteiger partial charge in [0.05, 0.1) is 19.2 Å². The number of amidine groups is 1. The number of pyridine rings is 2. The number of nitrogens with zero attached hydrogens (tertiary/aromatic N) is 5. The van der Waals surface area contributed by atoms with E-state index in [0.29, 0.717) is 61.0 Å². The largest absolute Gasteiger partial charge is 0.481 e. The summed E-state index contributed by atoms with van der Waals surface area (Å²) in [5.74, 6) is 3.14. The molecule has 2 atom stereocenters. The standard InChI is InChI=1S/C27H33N7O3/c1-3-12-37-13-11-34-22-15-20(19-5-6-23(36-2)31-16-19)17-32-25(22)33-26(27(34)35)29-9-4-8-28-24-21-14-18(21)7-10-30-24/h5-7,10,15-18,21H,3-4,8-9,11-14H2,1-2H3,(H,28,30)(H,29,32,33). The molecule has 10 nitrogen and oxygen atoms in total. The Balaban J connectivity index is 1.32. The topological polar surface area (TPSA) is 116 Å². The Labute approximate surface area is 215 Å². The number of aliphatic imine (C=N–C) groups is 1. The molecule has 1 aliphatic heterocycles. The van der Waals surface area contributed by atoms with Crippen molar-refractivity contribution in [1.29, 1.82) is 0 Å². The van der Waals surface area contributed by atoms with Gasteiger partial charge in [-0.05, 0) is 37.3 Å². The van der Waals surface area contributed by atoms with Crippen LogP contribution in [0.25, 0.3) is 22.3 Å². The van der Waals surface area contributed by atoms with E-state index in [4.69, 9.17) is 9.47 Å². The fraction of sp³-hybridized carbons (Fsp3) is 0.444. The van der Waals surface area contributed by atoms with Gasteiger partial charge in [0.2, 0.25) is 5.88 Å². The molecule has 2 aliphatic rings. The Bertz CT molecular complexity index is 1350. The number of allylic oxidation sites excluding steroid dienone is 1. The van der Waals surface area contributed by atoms with Gasteiger partial charge in [-0.1, -0.05) is 13.0 Å². The van der Waals surface area contributed by atoms with Crippen molar-refractivity contribution in [2.45, 2.75) is 32.7 Å². The van der Waals surface area contributed by atoms with Crippen LogP contribution in [0.5, 0.6) is 5.88 Å². The van der Waals surface area contributed by atoms with Crippen LogP contribution in [0.4, 0.5) is 5.82 Å². The predicted molar refractivity (Wildman–Crippen MR) is 144 cm³/mol. The van der Waals surface area contributed by atoms with Crippen molar-refractivity contribution in [3.63, 3.8) is 0 Å². The van der Waals surface area contributed by atoms with Crippen molar-refractivity contribution in [1.82, 2.24) is 24.8 Å². The summed E-state index contributed by atoms with van der Waals surface area (Å²) in [4.78, 5) is 31.3. The molecule has 5 rings (SSSR count). The Kier molecular flexibility index (Phi) is 7.74. The molecule has 37 heavy (non-hydrogen) atoms. The summed E-state index contributed by atoms with van der Waals surface area (Å²) in [6, 6.07) is 5.64. The smallest absolute Gasteiger partial charge is 0.293 e. The zero-order chi connectivity index (χ0) is 25.6. The number of anilines is 1. The molecule has 1 aliphatic carbocycles. The fourth-order valence-corrected chi connectivity index (χ4v) is 4.45. The number of fused-ring (bicyclic) bond motifs is 2. The quantitative estimate of drug-likeness (QED) is 0.362. The van der Waals surface area contributed by atoms with E-state index in [1.165, 1.54) is 6.42 Å². The summed E-state index contributed by atoms with van der Waals surface area (Å²) in [6.07, 6.45) is 10.5. The van der Waals surface area contributed by atoms with E-state index in [9.17, 15) is 4.79 Å². The number of methoxy groups -OCH3 is 1. The molecule has 0 radical (unpaired) electrons. The van der Waals surface area contributed by atoms with E-state index >= 15 is 0 Å². The van der Waals surface area contributed by atoms with Gasteiger partial charge in [-0.2, -0.15) is 0 Å². The molecule has 194 valence electrons. The number of hydrogen-bond donors (Lipinski definition) is 2. The molecule has 1 saturated carbocycles. The second kappa shape index (κ2) is 11.5. The fourth-order valence-electron chi connectivity index (χ4n) is 4.45. The van der Waals surface area contributed by atoms with Crippen molar-refractivity contribution >= 4 is 22.8 Å². The molecule has 0 aromatic carbocycles. The molecule has 4 heterocycles. The first-order valence-electron chi connectivity index (χ1n) is 12.9. The van der Waals surface area contributed by atoms with Gasteiger partial charge in [-0.15, -0.1) is 0 Å². The van der Waals surface area contributed by atoms with Gasteiger partial charge in [0.1, 0.15) is 5.84 Å². The number of aromatic nitrogens is 4. The summed E-state index contributed by atoms with van der Waals surface area (Å²) in [5.41, 5.74) is 2.70. The summed E-state index contributed by atoms with van der Waals surface area (Å²) in [6.45, 7) is 4.95. The predicted octanol–water partition coefficient (Wildman–Crippen LogP) is 3.24. The first-order valence-corrected chi connectivity index (χ1v) is 12.9. The SMILES string of the molecule is CCCOCCn1c(=O)c(NCCCNC2=NC=CC3CC23)nc2ncc(-c3ccc(OC)nc3)cc21. The molecule has 0 bridgehead atoms. The Morgan fingerprint density at radius 3 is 2.78 bits per heavy atom. The highest BCUT2D eigenvalue weighted by molar-refractivity contribution is 5.88. The molecule has 3 aromatic rings. The van der Waals surface area contributed by atoms with Gasteiger partial charge in [-0.3, -0.25) is 9.36 Å². The van der Waals surface area contributed by atoms with Crippen molar-refractivity contribution < 1.29 is 9.47 Å². The summed E-state index contributed by atoms with van der Waals surface area (Å²) in [7, 11) is 1.58. The minimum atomic E-state index is -0.185. The average Bonchev–Trinajstić information content (AvgIpc) is 3.73. The van der Waals surface area contributed by atoms with Gasteiger partial charge in [0.15, 0.2) is 11.5 Å².